The SMILES string of the molecule is CC(C)(C)OC(=O)NCc1ccccc1OCc1ccccc1. The van der Waals surface area contributed by atoms with Crippen LogP contribution < -0.4 is 10.1 Å². The maximum atomic E-state index is 11.7. The Morgan fingerprint density at radius 3 is 2.35 bits per heavy atom. The van der Waals surface area contributed by atoms with Crippen molar-refractivity contribution in [2.24, 2.45) is 0 Å². The molecule has 0 aliphatic carbocycles. The van der Waals surface area contributed by atoms with Gasteiger partial charge in [-0.3, -0.25) is 0 Å². The summed E-state index contributed by atoms with van der Waals surface area (Å²) < 4.78 is 11.1. The number of benzene rings is 2. The van der Waals surface area contributed by atoms with Crippen LogP contribution in [0.3, 0.4) is 0 Å². The molecule has 122 valence electrons. The highest BCUT2D eigenvalue weighted by Gasteiger charge is 2.16. The van der Waals surface area contributed by atoms with E-state index in [-0.39, 0.29) is 0 Å². The Balaban J connectivity index is 1.93. The van der Waals surface area contributed by atoms with E-state index < -0.39 is 11.7 Å². The van der Waals surface area contributed by atoms with Crippen LogP contribution >= 0.6 is 0 Å². The number of nitrogens with one attached hydrogen (secondary N) is 1. The van der Waals surface area contributed by atoms with Crippen molar-refractivity contribution in [3.63, 3.8) is 0 Å². The molecule has 0 bridgehead atoms. The van der Waals surface area contributed by atoms with Crippen LogP contribution in [0.5, 0.6) is 5.75 Å². The average molecular weight is 313 g/mol. The predicted molar refractivity (Wildman–Crippen MR) is 90.3 cm³/mol. The lowest BCUT2D eigenvalue weighted by Gasteiger charge is -2.20. The van der Waals surface area contributed by atoms with E-state index in [1.165, 1.54) is 0 Å². The zero-order valence-corrected chi connectivity index (χ0v) is 13.8. The summed E-state index contributed by atoms with van der Waals surface area (Å²) in [5.41, 5.74) is 1.50. The second-order valence-corrected chi connectivity index (χ2v) is 6.24. The van der Waals surface area contributed by atoms with Crippen molar-refractivity contribution in [2.75, 3.05) is 0 Å². The molecule has 0 saturated carbocycles. The van der Waals surface area contributed by atoms with Crippen molar-refractivity contribution in [1.82, 2.24) is 5.32 Å². The summed E-state index contributed by atoms with van der Waals surface area (Å²) in [7, 11) is 0. The van der Waals surface area contributed by atoms with Gasteiger partial charge in [0.05, 0.1) is 0 Å². The fourth-order valence-electron chi connectivity index (χ4n) is 2.01. The Morgan fingerprint density at radius 1 is 1.00 bits per heavy atom. The molecule has 0 aliphatic heterocycles. The predicted octanol–water partition coefficient (Wildman–Crippen LogP) is 4.29. The third-order valence-corrected chi connectivity index (χ3v) is 3.03. The van der Waals surface area contributed by atoms with E-state index in [0.29, 0.717) is 13.2 Å². The lowest BCUT2D eigenvalue weighted by Crippen LogP contribution is -2.32. The van der Waals surface area contributed by atoms with Gasteiger partial charge in [-0.1, -0.05) is 48.5 Å². The van der Waals surface area contributed by atoms with Crippen molar-refractivity contribution in [3.05, 3.63) is 65.7 Å². The van der Waals surface area contributed by atoms with Gasteiger partial charge >= 0.3 is 6.09 Å². The molecule has 0 atom stereocenters. The highest BCUT2D eigenvalue weighted by atomic mass is 16.6. The summed E-state index contributed by atoms with van der Waals surface area (Å²) in [6.07, 6.45) is -0.435. The molecule has 0 heterocycles. The number of carbonyl (C=O) groups is 1. The molecule has 0 radical (unpaired) electrons. The van der Waals surface area contributed by atoms with Gasteiger partial charge in [-0.2, -0.15) is 0 Å². The molecule has 0 fully saturated rings. The van der Waals surface area contributed by atoms with Gasteiger partial charge in [-0.05, 0) is 32.4 Å². The highest BCUT2D eigenvalue weighted by Crippen LogP contribution is 2.19. The Labute approximate surface area is 137 Å². The lowest BCUT2D eigenvalue weighted by molar-refractivity contribution is 0.0523. The molecule has 1 amide bonds. The Kier molecular flexibility index (Phi) is 5.63. The molecule has 0 spiro atoms. The quantitative estimate of drug-likeness (QED) is 0.895. The normalized spacial score (nSPS) is 10.9. The van der Waals surface area contributed by atoms with Gasteiger partial charge in [-0.15, -0.1) is 0 Å². The maximum absolute atomic E-state index is 11.7. The van der Waals surface area contributed by atoms with Crippen LogP contribution in [-0.2, 0) is 17.9 Å². The molecule has 2 rings (SSSR count). The molecule has 1 N–H and O–H groups in total. The molecule has 0 aromatic heterocycles. The van der Waals surface area contributed by atoms with E-state index >= 15 is 0 Å². The second kappa shape index (κ2) is 7.68. The number of ether oxygens (including phenoxy) is 2. The van der Waals surface area contributed by atoms with Crippen molar-refractivity contribution in [1.29, 1.82) is 0 Å². The van der Waals surface area contributed by atoms with Gasteiger partial charge < -0.3 is 14.8 Å². The summed E-state index contributed by atoms with van der Waals surface area (Å²) >= 11 is 0. The summed E-state index contributed by atoms with van der Waals surface area (Å²) in [4.78, 5) is 11.7. The van der Waals surface area contributed by atoms with Crippen LogP contribution in [0.4, 0.5) is 4.79 Å². The van der Waals surface area contributed by atoms with Gasteiger partial charge in [0.2, 0.25) is 0 Å². The molecular formula is C19H23NO3. The first-order valence-electron chi connectivity index (χ1n) is 7.65. The van der Waals surface area contributed by atoms with E-state index in [1.54, 1.807) is 0 Å². The standard InChI is InChI=1S/C19H23NO3/c1-19(2,3)23-18(21)20-13-16-11-7-8-12-17(16)22-14-15-9-5-4-6-10-15/h4-12H,13-14H2,1-3H3,(H,20,21). The number of hydrogen-bond acceptors (Lipinski definition) is 3. The molecule has 2 aromatic carbocycles. The van der Waals surface area contributed by atoms with Crippen LogP contribution in [0.25, 0.3) is 0 Å². The van der Waals surface area contributed by atoms with Gasteiger partial charge in [-0.25, -0.2) is 4.79 Å². The van der Waals surface area contributed by atoms with Crippen molar-refractivity contribution in [3.8, 4) is 5.75 Å². The van der Waals surface area contributed by atoms with E-state index in [4.69, 9.17) is 9.47 Å². The first-order chi connectivity index (χ1) is 10.9. The van der Waals surface area contributed by atoms with Crippen LogP contribution in [0.2, 0.25) is 0 Å². The Bertz CT molecular complexity index is 633. The topological polar surface area (TPSA) is 47.6 Å². The molecule has 0 saturated heterocycles. The second-order valence-electron chi connectivity index (χ2n) is 6.24. The lowest BCUT2D eigenvalue weighted by atomic mass is 10.2. The summed E-state index contributed by atoms with van der Waals surface area (Å²) in [5.74, 6) is 0.757. The van der Waals surface area contributed by atoms with E-state index in [0.717, 1.165) is 16.9 Å². The highest BCUT2D eigenvalue weighted by molar-refractivity contribution is 5.67. The summed E-state index contributed by atoms with van der Waals surface area (Å²) in [6, 6.07) is 17.6. The summed E-state index contributed by atoms with van der Waals surface area (Å²) in [5, 5.41) is 2.75. The Hall–Kier alpha value is -2.49. The smallest absolute Gasteiger partial charge is 0.407 e. The molecule has 4 nitrogen and oxygen atoms in total. The average Bonchev–Trinajstić information content (AvgIpc) is 2.51. The van der Waals surface area contributed by atoms with Gasteiger partial charge in [0.25, 0.3) is 0 Å². The number of hydrogen-bond donors (Lipinski definition) is 1. The minimum atomic E-state index is -0.507. The number of alkyl carbamates (subject to hydrolysis) is 1. The van der Waals surface area contributed by atoms with E-state index in [1.807, 2.05) is 75.4 Å². The molecule has 0 aliphatic rings. The summed E-state index contributed by atoms with van der Waals surface area (Å²) in [6.45, 7) is 6.36. The maximum Gasteiger partial charge on any atom is 0.407 e. The van der Waals surface area contributed by atoms with Crippen molar-refractivity contribution in [2.45, 2.75) is 39.5 Å². The number of amides is 1. The van der Waals surface area contributed by atoms with E-state index in [2.05, 4.69) is 5.32 Å². The zero-order valence-electron chi connectivity index (χ0n) is 13.8. The first-order valence-corrected chi connectivity index (χ1v) is 7.65. The minimum absolute atomic E-state index is 0.361. The van der Waals surface area contributed by atoms with Crippen molar-refractivity contribution >= 4 is 6.09 Å². The zero-order chi connectivity index (χ0) is 16.7. The largest absolute Gasteiger partial charge is 0.489 e. The van der Waals surface area contributed by atoms with E-state index in [9.17, 15) is 4.79 Å². The number of rotatable bonds is 5. The monoisotopic (exact) mass is 313 g/mol. The van der Waals surface area contributed by atoms with Crippen molar-refractivity contribution < 1.29 is 14.3 Å². The van der Waals surface area contributed by atoms with Crippen LogP contribution in [0, 0.1) is 0 Å². The third kappa shape index (κ3) is 6.02. The number of para-hydroxylation sites is 1. The molecule has 2 aromatic rings. The molecule has 4 heteroatoms. The molecule has 23 heavy (non-hydrogen) atoms. The molecular weight excluding hydrogens is 290 g/mol. The third-order valence-electron chi connectivity index (χ3n) is 3.03. The van der Waals surface area contributed by atoms with Crippen LogP contribution in [0.15, 0.2) is 54.6 Å². The van der Waals surface area contributed by atoms with Crippen LogP contribution in [-0.4, -0.2) is 11.7 Å². The fourth-order valence-corrected chi connectivity index (χ4v) is 2.01. The Morgan fingerprint density at radius 2 is 1.65 bits per heavy atom. The first kappa shape index (κ1) is 16.9. The minimum Gasteiger partial charge on any atom is -0.489 e. The van der Waals surface area contributed by atoms with Gasteiger partial charge in [0.15, 0.2) is 0 Å². The van der Waals surface area contributed by atoms with Crippen LogP contribution in [0.1, 0.15) is 31.9 Å². The fraction of sp³-hybridized carbons (Fsp3) is 0.316. The number of carbonyl (C=O) groups excluding carboxylic acids is 1. The molecule has 0 unspecified atom stereocenters. The van der Waals surface area contributed by atoms with Gasteiger partial charge in [0.1, 0.15) is 18.0 Å². The van der Waals surface area contributed by atoms with Gasteiger partial charge in [0, 0.05) is 12.1 Å².